The molecule has 2 heterocycles. The second-order valence-corrected chi connectivity index (χ2v) is 11.1. The minimum absolute atomic E-state index is 0.168. The maximum atomic E-state index is 13.6. The van der Waals surface area contributed by atoms with E-state index in [2.05, 4.69) is 4.98 Å². The number of unbranched alkanes of at least 4 members (excludes halogenated alkanes) is 1. The number of aromatic nitrogens is 1. The predicted molar refractivity (Wildman–Crippen MR) is 141 cm³/mol. The van der Waals surface area contributed by atoms with Gasteiger partial charge in [-0.2, -0.15) is 4.31 Å². The molecule has 0 saturated carbocycles. The van der Waals surface area contributed by atoms with E-state index in [4.69, 9.17) is 9.15 Å². The zero-order valence-electron chi connectivity index (χ0n) is 20.5. The summed E-state index contributed by atoms with van der Waals surface area (Å²) in [4.78, 5) is 20.0. The number of amides is 1. The second-order valence-electron chi connectivity index (χ2n) is 8.18. The maximum Gasteiger partial charge on any atom is 0.260 e. The van der Waals surface area contributed by atoms with Crippen molar-refractivity contribution in [3.63, 3.8) is 0 Å². The highest BCUT2D eigenvalue weighted by atomic mass is 32.2. The minimum atomic E-state index is -3.63. The second kappa shape index (κ2) is 11.2. The van der Waals surface area contributed by atoms with Crippen LogP contribution in [-0.2, 0) is 16.6 Å². The Kier molecular flexibility index (Phi) is 8.07. The van der Waals surface area contributed by atoms with Gasteiger partial charge in [0.25, 0.3) is 5.91 Å². The molecule has 1 amide bonds. The van der Waals surface area contributed by atoms with Crippen molar-refractivity contribution >= 4 is 42.6 Å². The Labute approximate surface area is 215 Å². The van der Waals surface area contributed by atoms with Crippen LogP contribution in [0.4, 0.5) is 5.13 Å². The molecule has 0 aliphatic carbocycles. The molecule has 0 atom stereocenters. The van der Waals surface area contributed by atoms with Gasteiger partial charge in [-0.05, 0) is 55.0 Å². The topological polar surface area (TPSA) is 93.0 Å². The first kappa shape index (κ1) is 25.9. The number of rotatable bonds is 11. The van der Waals surface area contributed by atoms with E-state index in [0.717, 1.165) is 23.1 Å². The molecule has 0 aliphatic heterocycles. The molecular formula is C26H29N3O5S2. The zero-order chi connectivity index (χ0) is 25.7. The number of carbonyl (C=O) groups excluding carboxylic acids is 1. The monoisotopic (exact) mass is 527 g/mol. The number of ether oxygens (including phenoxy) is 1. The average molecular weight is 528 g/mol. The van der Waals surface area contributed by atoms with Crippen molar-refractivity contribution in [2.24, 2.45) is 0 Å². The molecule has 0 saturated heterocycles. The highest BCUT2D eigenvalue weighted by Gasteiger charge is 2.26. The molecule has 2 aromatic heterocycles. The van der Waals surface area contributed by atoms with E-state index in [9.17, 15) is 13.2 Å². The van der Waals surface area contributed by atoms with Crippen LogP contribution < -0.4 is 9.64 Å². The molecule has 0 fully saturated rings. The standard InChI is InChI=1S/C26H29N3O5S2/c1-4-6-15-28(5-2)36(31,32)22-12-9-19(10-13-22)25(30)29(18-21-8-7-16-34-21)26-27-23-17-20(33-3)11-14-24(23)35-26/h7-14,16-17H,4-6,15,18H2,1-3H3. The van der Waals surface area contributed by atoms with Gasteiger partial charge in [-0.3, -0.25) is 9.69 Å². The molecule has 10 heteroatoms. The van der Waals surface area contributed by atoms with Gasteiger partial charge in [0.1, 0.15) is 11.5 Å². The fraction of sp³-hybridized carbons (Fsp3) is 0.308. The van der Waals surface area contributed by atoms with E-state index < -0.39 is 10.0 Å². The number of benzene rings is 2. The van der Waals surface area contributed by atoms with Gasteiger partial charge in [-0.25, -0.2) is 13.4 Å². The molecule has 8 nitrogen and oxygen atoms in total. The number of nitrogens with zero attached hydrogens (tertiary/aromatic N) is 3. The Bertz CT molecular complexity index is 1410. The summed E-state index contributed by atoms with van der Waals surface area (Å²) >= 11 is 1.39. The lowest BCUT2D eigenvalue weighted by Gasteiger charge is -2.21. The van der Waals surface area contributed by atoms with Crippen LogP contribution in [0.5, 0.6) is 5.75 Å². The lowest BCUT2D eigenvalue weighted by Crippen LogP contribution is -2.32. The Morgan fingerprint density at radius 1 is 1.11 bits per heavy atom. The van der Waals surface area contributed by atoms with Crippen molar-refractivity contribution < 1.29 is 22.4 Å². The third kappa shape index (κ3) is 5.45. The van der Waals surface area contributed by atoms with E-state index in [0.29, 0.717) is 35.3 Å². The summed E-state index contributed by atoms with van der Waals surface area (Å²) in [6.07, 6.45) is 3.25. The van der Waals surface area contributed by atoms with Crippen LogP contribution in [0, 0.1) is 0 Å². The first-order valence-electron chi connectivity index (χ1n) is 11.8. The van der Waals surface area contributed by atoms with Crippen LogP contribution >= 0.6 is 11.3 Å². The number of hydrogen-bond acceptors (Lipinski definition) is 7. The van der Waals surface area contributed by atoms with Gasteiger partial charge in [-0.15, -0.1) is 0 Å². The number of sulfonamides is 1. The van der Waals surface area contributed by atoms with Crippen molar-refractivity contribution in [1.82, 2.24) is 9.29 Å². The smallest absolute Gasteiger partial charge is 0.260 e. The third-order valence-electron chi connectivity index (χ3n) is 5.81. The molecule has 4 aromatic rings. The number of thiazole rings is 1. The predicted octanol–water partition coefficient (Wildman–Crippen LogP) is 5.56. The lowest BCUT2D eigenvalue weighted by atomic mass is 10.2. The molecular weight excluding hydrogens is 498 g/mol. The van der Waals surface area contributed by atoms with Crippen molar-refractivity contribution in [2.45, 2.75) is 38.1 Å². The number of methoxy groups -OCH3 is 1. The van der Waals surface area contributed by atoms with Gasteiger partial charge in [-0.1, -0.05) is 31.6 Å². The summed E-state index contributed by atoms with van der Waals surface area (Å²) in [5.74, 6) is 0.980. The van der Waals surface area contributed by atoms with E-state index in [1.54, 1.807) is 42.5 Å². The van der Waals surface area contributed by atoms with Crippen LogP contribution in [0.1, 0.15) is 42.8 Å². The van der Waals surface area contributed by atoms with Gasteiger partial charge in [0.05, 0.1) is 35.0 Å². The molecule has 0 N–H and O–H groups in total. The largest absolute Gasteiger partial charge is 0.497 e. The van der Waals surface area contributed by atoms with Gasteiger partial charge < -0.3 is 9.15 Å². The number of fused-ring (bicyclic) bond motifs is 1. The van der Waals surface area contributed by atoms with Crippen molar-refractivity contribution in [3.05, 3.63) is 72.2 Å². The number of hydrogen-bond donors (Lipinski definition) is 0. The summed E-state index contributed by atoms with van der Waals surface area (Å²) in [5, 5.41) is 0.507. The van der Waals surface area contributed by atoms with E-state index in [1.807, 2.05) is 32.0 Å². The average Bonchev–Trinajstić information content (AvgIpc) is 3.56. The number of carbonyl (C=O) groups is 1. The lowest BCUT2D eigenvalue weighted by molar-refractivity contribution is 0.0983. The van der Waals surface area contributed by atoms with Crippen molar-refractivity contribution in [1.29, 1.82) is 0 Å². The Morgan fingerprint density at radius 2 is 1.89 bits per heavy atom. The minimum Gasteiger partial charge on any atom is -0.497 e. The maximum absolute atomic E-state index is 13.6. The molecule has 190 valence electrons. The van der Waals surface area contributed by atoms with Crippen LogP contribution in [0.2, 0.25) is 0 Å². The molecule has 0 radical (unpaired) electrons. The Morgan fingerprint density at radius 3 is 2.53 bits per heavy atom. The summed E-state index contributed by atoms with van der Waals surface area (Å²) in [6, 6.07) is 15.2. The van der Waals surface area contributed by atoms with E-state index in [-0.39, 0.29) is 17.3 Å². The SMILES string of the molecule is CCCCN(CC)S(=O)(=O)c1ccc(C(=O)N(Cc2ccco2)c2nc3cc(OC)ccc3s2)cc1. The summed E-state index contributed by atoms with van der Waals surface area (Å²) in [7, 11) is -2.04. The van der Waals surface area contributed by atoms with Crippen molar-refractivity contribution in [2.75, 3.05) is 25.1 Å². The zero-order valence-corrected chi connectivity index (χ0v) is 22.1. The van der Waals surface area contributed by atoms with E-state index >= 15 is 0 Å². The first-order valence-corrected chi connectivity index (χ1v) is 14.0. The van der Waals surface area contributed by atoms with Crippen molar-refractivity contribution in [3.8, 4) is 5.75 Å². The molecule has 0 unspecified atom stereocenters. The third-order valence-corrected chi connectivity index (χ3v) is 8.85. The fourth-order valence-electron chi connectivity index (χ4n) is 3.78. The first-order chi connectivity index (χ1) is 17.4. The molecule has 36 heavy (non-hydrogen) atoms. The highest BCUT2D eigenvalue weighted by molar-refractivity contribution is 7.89. The highest BCUT2D eigenvalue weighted by Crippen LogP contribution is 2.33. The van der Waals surface area contributed by atoms with Crippen LogP contribution in [0.3, 0.4) is 0 Å². The number of furan rings is 1. The molecule has 0 spiro atoms. The Hall–Kier alpha value is -3.21. The van der Waals surface area contributed by atoms with Gasteiger partial charge in [0, 0.05) is 24.7 Å². The van der Waals surface area contributed by atoms with Gasteiger partial charge in [0.15, 0.2) is 5.13 Å². The summed E-state index contributed by atoms with van der Waals surface area (Å²) in [5.41, 5.74) is 1.08. The fourth-order valence-corrected chi connectivity index (χ4v) is 6.21. The van der Waals surface area contributed by atoms with Crippen LogP contribution in [0.25, 0.3) is 10.2 Å². The normalized spacial score (nSPS) is 11.8. The molecule has 2 aromatic carbocycles. The number of anilines is 1. The van der Waals surface area contributed by atoms with Crippen LogP contribution in [0.15, 0.2) is 70.2 Å². The van der Waals surface area contributed by atoms with Gasteiger partial charge >= 0.3 is 0 Å². The van der Waals surface area contributed by atoms with E-state index in [1.165, 1.54) is 27.8 Å². The molecule has 0 bridgehead atoms. The quantitative estimate of drug-likeness (QED) is 0.254. The Balaban J connectivity index is 1.65. The molecule has 0 aliphatic rings. The summed E-state index contributed by atoms with van der Waals surface area (Å²) in [6.45, 7) is 4.89. The van der Waals surface area contributed by atoms with Gasteiger partial charge in [0.2, 0.25) is 10.0 Å². The van der Waals surface area contributed by atoms with Crippen LogP contribution in [-0.4, -0.2) is 43.8 Å². The summed E-state index contributed by atoms with van der Waals surface area (Å²) < 4.78 is 39.3. The molecule has 4 rings (SSSR count).